The van der Waals surface area contributed by atoms with Crippen LogP contribution in [-0.2, 0) is 4.65 Å². The number of rotatable bonds is 1. The van der Waals surface area contributed by atoms with E-state index in [1.807, 2.05) is 0 Å². The van der Waals surface area contributed by atoms with Crippen LogP contribution in [0.2, 0.25) is 15.1 Å². The first-order valence-corrected chi connectivity index (χ1v) is 8.71. The van der Waals surface area contributed by atoms with Gasteiger partial charge < -0.3 is 14.7 Å². The minimum Gasteiger partial charge on any atom is -0.463 e. The van der Waals surface area contributed by atoms with Crippen molar-refractivity contribution in [1.82, 2.24) is 0 Å². The van der Waals surface area contributed by atoms with Crippen LogP contribution in [-0.4, -0.2) is 25.4 Å². The largest absolute Gasteiger partial charge is 0.716 e. The lowest BCUT2D eigenvalue weighted by Gasteiger charge is -2.55. The highest BCUT2D eigenvalue weighted by Crippen LogP contribution is 2.61. The summed E-state index contributed by atoms with van der Waals surface area (Å²) in [4.78, 5) is 0. The molecule has 2 N–H and O–H groups in total. The van der Waals surface area contributed by atoms with E-state index in [2.05, 4.69) is 78.6 Å². The Morgan fingerprint density at radius 2 is 1.11 bits per heavy atom. The first kappa shape index (κ1) is 18.6. The van der Waals surface area contributed by atoms with Crippen LogP contribution in [0.25, 0.3) is 0 Å². The van der Waals surface area contributed by atoms with E-state index in [-0.39, 0.29) is 15.1 Å². The molecule has 0 aromatic heterocycles. The quantitative estimate of drug-likeness (QED) is 0.573. The van der Waals surface area contributed by atoms with Crippen molar-refractivity contribution in [2.75, 3.05) is 0 Å². The molecule has 0 rings (SSSR count). The van der Waals surface area contributed by atoms with E-state index in [4.69, 9.17) is 10.0 Å². The van der Waals surface area contributed by atoms with Gasteiger partial charge in [-0.05, 0) is 15.1 Å². The molecule has 5 heteroatoms. The highest BCUT2D eigenvalue weighted by molar-refractivity contribution is 6.94. The molecule has 0 aliphatic heterocycles. The Bertz CT molecular complexity index is 325. The summed E-state index contributed by atoms with van der Waals surface area (Å²) < 4.78 is 4.67. The minimum atomic E-state index is -2.18. The summed E-state index contributed by atoms with van der Waals surface area (Å²) >= 11 is 0. The highest BCUT2D eigenvalue weighted by Gasteiger charge is 2.59. The zero-order chi connectivity index (χ0) is 15.7. The molecule has 0 saturated carbocycles. The third-order valence-electron chi connectivity index (χ3n) is 3.78. The fraction of sp³-hybridized carbons (Fsp3) is 0.857. The fourth-order valence-corrected chi connectivity index (χ4v) is 12.2. The predicted molar refractivity (Wildman–Crippen MR) is 84.0 cm³/mol. The molecule has 0 bridgehead atoms. The first-order valence-electron chi connectivity index (χ1n) is 6.71. The lowest BCUT2D eigenvalue weighted by Crippen LogP contribution is -2.57. The van der Waals surface area contributed by atoms with Crippen molar-refractivity contribution < 1.29 is 14.7 Å². The van der Waals surface area contributed by atoms with Gasteiger partial charge in [0, 0.05) is 0 Å². The van der Waals surface area contributed by atoms with Gasteiger partial charge in [-0.2, -0.15) is 0 Å². The molecule has 0 aromatic rings. The van der Waals surface area contributed by atoms with Crippen LogP contribution < -0.4 is 0 Å². The summed E-state index contributed by atoms with van der Waals surface area (Å²) in [6.45, 7) is 20.0. The summed E-state index contributed by atoms with van der Waals surface area (Å²) in [5.41, 5.74) is 3.33. The monoisotopic (exact) mass is 284 g/mol. The van der Waals surface area contributed by atoms with Crippen LogP contribution in [0.3, 0.4) is 0 Å². The number of hydrogen-bond acceptors (Lipinski definition) is 3. The molecular formula is C14H29BO3Si. The van der Waals surface area contributed by atoms with E-state index in [9.17, 15) is 0 Å². The van der Waals surface area contributed by atoms with Gasteiger partial charge in [0.15, 0.2) is 8.07 Å². The van der Waals surface area contributed by atoms with Crippen molar-refractivity contribution in [2.24, 2.45) is 0 Å². The topological polar surface area (TPSA) is 49.7 Å². The Kier molecular flexibility index (Phi) is 5.39. The average molecular weight is 284 g/mol. The van der Waals surface area contributed by atoms with Gasteiger partial charge in [0.2, 0.25) is 0 Å². The van der Waals surface area contributed by atoms with E-state index in [0.29, 0.717) is 0 Å². The second-order valence-corrected chi connectivity index (χ2v) is 14.4. The second kappa shape index (κ2) is 5.51. The molecule has 110 valence electrons. The molecule has 19 heavy (non-hydrogen) atoms. The van der Waals surface area contributed by atoms with Crippen LogP contribution in [0, 0.1) is 11.7 Å². The van der Waals surface area contributed by atoms with Gasteiger partial charge in [-0.3, -0.25) is 0 Å². The zero-order valence-electron chi connectivity index (χ0n) is 13.9. The van der Waals surface area contributed by atoms with Crippen LogP contribution in [0.1, 0.15) is 62.3 Å². The highest BCUT2D eigenvalue weighted by atomic mass is 28.3. The summed E-state index contributed by atoms with van der Waals surface area (Å²) in [7, 11) is -4.01. The summed E-state index contributed by atoms with van der Waals surface area (Å²) in [5, 5.41) is 17.7. The van der Waals surface area contributed by atoms with Crippen molar-refractivity contribution in [3.05, 3.63) is 0 Å². The molecule has 0 radical (unpaired) electrons. The molecule has 0 heterocycles. The van der Waals surface area contributed by atoms with E-state index < -0.39 is 15.4 Å². The molecule has 0 aliphatic carbocycles. The maximum atomic E-state index is 8.80. The Labute approximate surface area is 119 Å². The van der Waals surface area contributed by atoms with Crippen molar-refractivity contribution in [3.63, 3.8) is 0 Å². The van der Waals surface area contributed by atoms with E-state index in [1.54, 1.807) is 0 Å². The average Bonchev–Trinajstić information content (AvgIpc) is 2.04. The van der Waals surface area contributed by atoms with Gasteiger partial charge in [-0.15, -0.1) is 0 Å². The Morgan fingerprint density at radius 3 is 1.32 bits per heavy atom. The van der Waals surface area contributed by atoms with Gasteiger partial charge in [0.25, 0.3) is 0 Å². The standard InChI is InChI=1S/C14H29BO3Si/c1-12(2,3)19(13(4,5)6,14(7,8)9)11-10-18-15(16)17/h16-17H,1-9H3. The van der Waals surface area contributed by atoms with Crippen molar-refractivity contribution in [1.29, 1.82) is 0 Å². The van der Waals surface area contributed by atoms with E-state index >= 15 is 0 Å². The van der Waals surface area contributed by atoms with Gasteiger partial charge in [-0.1, -0.05) is 67.9 Å². The normalized spacial score (nSPS) is 13.6. The molecule has 0 aromatic carbocycles. The maximum absolute atomic E-state index is 8.80. The van der Waals surface area contributed by atoms with E-state index in [1.165, 1.54) is 0 Å². The molecule has 0 saturated heterocycles. The molecular weight excluding hydrogens is 255 g/mol. The third kappa shape index (κ3) is 3.78. The van der Waals surface area contributed by atoms with Gasteiger partial charge in [-0.25, -0.2) is 0 Å². The van der Waals surface area contributed by atoms with Gasteiger partial charge in [0.05, 0.1) is 6.11 Å². The second-order valence-electron chi connectivity index (χ2n) is 8.17. The Hall–Kier alpha value is -0.438. The SMILES string of the molecule is CC(C)(C)[Si](C#COB(O)O)(C(C)(C)C)C(C)(C)C. The molecule has 0 unspecified atom stereocenters. The first-order chi connectivity index (χ1) is 8.17. The molecule has 0 amide bonds. The van der Waals surface area contributed by atoms with Crippen LogP contribution >= 0.6 is 0 Å². The van der Waals surface area contributed by atoms with Crippen molar-refractivity contribution >= 4 is 15.4 Å². The maximum Gasteiger partial charge on any atom is 0.716 e. The van der Waals surface area contributed by atoms with E-state index in [0.717, 1.165) is 0 Å². The Balaban J connectivity index is 6.03. The van der Waals surface area contributed by atoms with Crippen LogP contribution in [0.15, 0.2) is 0 Å². The van der Waals surface area contributed by atoms with Crippen LogP contribution in [0.4, 0.5) is 0 Å². The Morgan fingerprint density at radius 1 is 0.789 bits per heavy atom. The molecule has 0 atom stereocenters. The smallest absolute Gasteiger partial charge is 0.463 e. The summed E-state index contributed by atoms with van der Waals surface area (Å²) in [6.07, 6.45) is 2.56. The lowest BCUT2D eigenvalue weighted by molar-refractivity contribution is 0.270. The summed E-state index contributed by atoms with van der Waals surface area (Å²) in [5.74, 6) is 0. The third-order valence-corrected chi connectivity index (χ3v) is 11.0. The molecule has 0 aliphatic rings. The van der Waals surface area contributed by atoms with Crippen molar-refractivity contribution in [2.45, 2.75) is 77.4 Å². The van der Waals surface area contributed by atoms with Gasteiger partial charge in [0.1, 0.15) is 0 Å². The van der Waals surface area contributed by atoms with Gasteiger partial charge >= 0.3 is 7.32 Å². The predicted octanol–water partition coefficient (Wildman–Crippen LogP) is 3.32. The molecule has 0 spiro atoms. The molecule has 0 fully saturated rings. The lowest BCUT2D eigenvalue weighted by atomic mass is 10.2. The molecule has 3 nitrogen and oxygen atoms in total. The zero-order valence-corrected chi connectivity index (χ0v) is 14.9. The van der Waals surface area contributed by atoms with Crippen molar-refractivity contribution in [3.8, 4) is 11.7 Å². The minimum absolute atomic E-state index is 0.0419. The fourth-order valence-electron chi connectivity index (χ4n) is 4.10. The summed E-state index contributed by atoms with van der Waals surface area (Å²) in [6, 6.07) is 0. The van der Waals surface area contributed by atoms with Crippen LogP contribution in [0.5, 0.6) is 0 Å². The number of hydrogen-bond donors (Lipinski definition) is 2.